The van der Waals surface area contributed by atoms with Crippen molar-refractivity contribution in [1.29, 1.82) is 0 Å². The van der Waals surface area contributed by atoms with Crippen LogP contribution < -0.4 is 0 Å². The summed E-state index contributed by atoms with van der Waals surface area (Å²) in [5.74, 6) is 0. The third-order valence-electron chi connectivity index (χ3n) is 3.05. The molecule has 0 N–H and O–H groups in total. The first kappa shape index (κ1) is 15.2. The van der Waals surface area contributed by atoms with Crippen molar-refractivity contribution in [2.45, 2.75) is 56.3 Å². The molecule has 0 atom stereocenters. The second-order valence-corrected chi connectivity index (χ2v) is 12.4. The van der Waals surface area contributed by atoms with Crippen molar-refractivity contribution in [2.75, 3.05) is 6.61 Å². The summed E-state index contributed by atoms with van der Waals surface area (Å²) in [5, 5.41) is 0.342. The molecule has 0 amide bonds. The molecule has 0 radical (unpaired) electrons. The van der Waals surface area contributed by atoms with Gasteiger partial charge in [0, 0.05) is 6.61 Å². The van der Waals surface area contributed by atoms with Crippen molar-refractivity contribution in [3.05, 3.63) is 0 Å². The molecule has 0 fully saturated rings. The zero-order valence-corrected chi connectivity index (χ0v) is 13.5. The second kappa shape index (κ2) is 6.74. The molecule has 0 aliphatic carbocycles. The van der Waals surface area contributed by atoms with E-state index in [4.69, 9.17) is 13.5 Å². The van der Waals surface area contributed by atoms with Crippen molar-refractivity contribution in [3.8, 4) is 0 Å². The molecule has 0 bridgehead atoms. The van der Waals surface area contributed by atoms with Crippen LogP contribution in [0.1, 0.15) is 33.6 Å². The van der Waals surface area contributed by atoms with Crippen LogP contribution >= 0.6 is 9.07 Å². The summed E-state index contributed by atoms with van der Waals surface area (Å²) in [6.07, 6.45) is 2.44. The van der Waals surface area contributed by atoms with Gasteiger partial charge in [0.05, 0.1) is 0 Å². The minimum absolute atomic E-state index is 0.248. The monoisotopic (exact) mass is 246 g/mol. The topological polar surface area (TPSA) is 9.23 Å². The van der Waals surface area contributed by atoms with Gasteiger partial charge in [-0.3, -0.25) is 0 Å². The minimum atomic E-state index is -1.49. The average Bonchev–Trinajstić information content (AvgIpc) is 2.02. The first-order valence-electron chi connectivity index (χ1n) is 5.51. The first-order chi connectivity index (χ1) is 6.31. The van der Waals surface area contributed by atoms with Gasteiger partial charge in [-0.15, -0.1) is 4.55 Å². The Kier molecular flexibility index (Phi) is 7.33. The summed E-state index contributed by atoms with van der Waals surface area (Å²) < 4.78 is 7.30. The Morgan fingerprint density at radius 3 is 2.21 bits per heavy atom. The van der Waals surface area contributed by atoms with Gasteiger partial charge < -0.3 is 13.5 Å². The molecule has 4 heteroatoms. The quantitative estimate of drug-likeness (QED) is 0.508. The van der Waals surface area contributed by atoms with Gasteiger partial charge in [-0.2, -0.15) is 0 Å². The van der Waals surface area contributed by atoms with Crippen LogP contribution in [0.15, 0.2) is 0 Å². The van der Waals surface area contributed by atoms with E-state index in [0.717, 1.165) is 6.61 Å². The molecule has 0 aromatic carbocycles. The maximum absolute atomic E-state index is 6.05. The molecule has 0 aromatic heterocycles. The number of hydrogen-bond acceptors (Lipinski definition) is 1. The summed E-state index contributed by atoms with van der Waals surface area (Å²) in [5.41, 5.74) is 0. The number of halogens is 1. The molecule has 1 nitrogen and oxygen atoms in total. The van der Waals surface area contributed by atoms with Gasteiger partial charge in [-0.05, 0) is 24.6 Å². The Bertz CT molecular complexity index is 157. The van der Waals surface area contributed by atoms with E-state index in [1.54, 1.807) is 0 Å². The van der Waals surface area contributed by atoms with Crippen LogP contribution in [0.5, 0.6) is 0 Å². The highest BCUT2D eigenvalue weighted by atomic mass is 35.5. The zero-order valence-electron chi connectivity index (χ0n) is 10.3. The number of hydrogen-bond donors (Lipinski definition) is 0. The Labute approximate surface area is 104 Å². The fraction of sp³-hybridized carbons (Fsp3) is 1.00. The molecule has 0 aromatic rings. The minimum Gasteiger partial charge on any atom is -0.417 e. The van der Waals surface area contributed by atoms with Crippen LogP contribution in [0.2, 0.25) is 22.7 Å². The molecule has 14 heavy (non-hydrogen) atoms. The van der Waals surface area contributed by atoms with E-state index in [1.165, 1.54) is 17.4 Å². The van der Waals surface area contributed by atoms with E-state index >= 15 is 0 Å². The molecule has 0 aliphatic rings. The second-order valence-electron chi connectivity index (χ2n) is 5.36. The summed E-state index contributed by atoms with van der Waals surface area (Å²) in [6, 6.07) is 0. The highest BCUT2D eigenvalue weighted by Gasteiger charge is 2.36. The largest absolute Gasteiger partial charge is 0.501 e. The lowest BCUT2D eigenvalue weighted by molar-refractivity contribution is 0.281. The van der Waals surface area contributed by atoms with Gasteiger partial charge in [0.25, 0.3) is 0 Å². The molecule has 0 rings (SSSR count). The zero-order chi connectivity index (χ0) is 11.2. The van der Waals surface area contributed by atoms with Crippen molar-refractivity contribution in [3.63, 3.8) is 0 Å². The van der Waals surface area contributed by atoms with Crippen molar-refractivity contribution < 1.29 is 4.43 Å². The van der Waals surface area contributed by atoms with Gasteiger partial charge in [0.15, 0.2) is 8.32 Å². The molecule has 0 saturated heterocycles. The van der Waals surface area contributed by atoms with E-state index < -0.39 is 8.32 Å². The Hall–Kier alpha value is 1.23. The molecule has 0 spiro atoms. The van der Waals surface area contributed by atoms with E-state index in [9.17, 15) is 0 Å². The highest BCUT2D eigenvalue weighted by molar-refractivity contribution is 6.93. The summed E-state index contributed by atoms with van der Waals surface area (Å²) >= 11 is -0.248. The molecule has 0 saturated carbocycles. The highest BCUT2D eigenvalue weighted by Crippen LogP contribution is 2.36. The van der Waals surface area contributed by atoms with E-state index in [0.29, 0.717) is 5.04 Å². The maximum Gasteiger partial charge on any atom is 0.501 e. The van der Waals surface area contributed by atoms with Gasteiger partial charge in [0.2, 0.25) is 0 Å². The number of rotatable bonds is 6. The predicted octanol–water partition coefficient (Wildman–Crippen LogP) is 4.06. The molecule has 0 heterocycles. The van der Waals surface area contributed by atoms with Crippen LogP contribution in [-0.4, -0.2) is 34.2 Å². The lowest BCUT2D eigenvalue weighted by Gasteiger charge is -2.36. The van der Waals surface area contributed by atoms with Crippen LogP contribution in [0, 0.1) is 0 Å². The molecular weight excluding hydrogens is 224 g/mol. The van der Waals surface area contributed by atoms with Gasteiger partial charge in [-0.25, -0.2) is 0 Å². The average molecular weight is 247 g/mol. The summed E-state index contributed by atoms with van der Waals surface area (Å²) in [7, 11) is 4.26. The fourth-order valence-corrected chi connectivity index (χ4v) is 3.11. The SMILES string of the molecule is CC(C)(C)[Si](C)(C)OCCC[CH2][Mg][Cl]. The molecule has 0 unspecified atom stereocenters. The van der Waals surface area contributed by atoms with Crippen LogP contribution in [0.3, 0.4) is 0 Å². The van der Waals surface area contributed by atoms with Crippen molar-refractivity contribution in [1.82, 2.24) is 0 Å². The molecule has 82 valence electrons. The van der Waals surface area contributed by atoms with E-state index in [1.807, 2.05) is 0 Å². The van der Waals surface area contributed by atoms with Crippen molar-refractivity contribution in [2.24, 2.45) is 0 Å². The number of unbranched alkanes of at least 4 members (excludes halogenated alkanes) is 1. The van der Waals surface area contributed by atoms with Crippen LogP contribution in [0.25, 0.3) is 0 Å². The van der Waals surface area contributed by atoms with Gasteiger partial charge in [-0.1, -0.05) is 27.2 Å². The summed E-state index contributed by atoms with van der Waals surface area (Å²) in [4.78, 5) is 0. The predicted molar refractivity (Wildman–Crippen MR) is 68.8 cm³/mol. The Balaban J connectivity index is 3.67. The lowest BCUT2D eigenvalue weighted by atomic mass is 10.2. The van der Waals surface area contributed by atoms with E-state index in [-0.39, 0.29) is 19.3 Å². The lowest BCUT2D eigenvalue weighted by Crippen LogP contribution is -2.40. The normalized spacial score (nSPS) is 12.7. The third kappa shape index (κ3) is 5.96. The Morgan fingerprint density at radius 2 is 1.79 bits per heavy atom. The molecular formula is C10H23ClMgOSi. The smallest absolute Gasteiger partial charge is 0.417 e. The fourth-order valence-electron chi connectivity index (χ4n) is 0.917. The van der Waals surface area contributed by atoms with Crippen LogP contribution in [0.4, 0.5) is 0 Å². The van der Waals surface area contributed by atoms with Crippen LogP contribution in [-0.2, 0) is 4.43 Å². The Morgan fingerprint density at radius 1 is 1.21 bits per heavy atom. The molecule has 0 aliphatic heterocycles. The standard InChI is InChI=1S/C10H23OSi.ClH.Mg/c1-7-8-9-11-12(5,6)10(2,3)4;;/h1,7-9H2,2-6H3;1H;/q;;+1/p-1. The summed E-state index contributed by atoms with van der Waals surface area (Å²) in [6.45, 7) is 12.4. The van der Waals surface area contributed by atoms with Gasteiger partial charge in [0.1, 0.15) is 0 Å². The maximum atomic E-state index is 6.05. The first-order valence-corrected chi connectivity index (χ1v) is 11.6. The van der Waals surface area contributed by atoms with E-state index in [2.05, 4.69) is 33.9 Å². The van der Waals surface area contributed by atoms with Crippen molar-refractivity contribution >= 4 is 36.7 Å². The third-order valence-corrected chi connectivity index (χ3v) is 9.15. The van der Waals surface area contributed by atoms with Gasteiger partial charge >= 0.3 is 19.3 Å².